The molecule has 0 atom stereocenters. The molecule has 2 aliphatic heterocycles. The minimum absolute atomic E-state index is 0.0430. The number of hydrogen-bond donors (Lipinski definition) is 1. The van der Waals surface area contributed by atoms with Crippen LogP contribution >= 0.6 is 23.1 Å². The first-order chi connectivity index (χ1) is 12.1. The Balaban J connectivity index is 1.64. The number of carbonyl (C=O) groups excluding carboxylic acids is 1. The van der Waals surface area contributed by atoms with Crippen LogP contribution in [0.15, 0.2) is 10.6 Å². The lowest BCUT2D eigenvalue weighted by Crippen LogP contribution is -2.34. The SMILES string of the molecule is CC(C)NC(=O)c1nc2c(s1)C1=C(CCC2)CCN(C2=NCCS2)C1. The summed E-state index contributed by atoms with van der Waals surface area (Å²) in [5, 5.41) is 4.77. The van der Waals surface area contributed by atoms with Gasteiger partial charge in [0.15, 0.2) is 10.2 Å². The van der Waals surface area contributed by atoms with Gasteiger partial charge >= 0.3 is 0 Å². The molecule has 1 N–H and O–H groups in total. The van der Waals surface area contributed by atoms with Crippen molar-refractivity contribution < 1.29 is 4.79 Å². The lowest BCUT2D eigenvalue weighted by Gasteiger charge is -2.31. The molecule has 1 aromatic rings. The zero-order chi connectivity index (χ0) is 17.4. The number of fused-ring (bicyclic) bond motifs is 2. The number of thiazole rings is 1. The van der Waals surface area contributed by atoms with Gasteiger partial charge in [0.05, 0.1) is 17.1 Å². The molecule has 0 spiro atoms. The number of aliphatic imine (C=N–C) groups is 1. The Morgan fingerprint density at radius 1 is 1.28 bits per heavy atom. The summed E-state index contributed by atoms with van der Waals surface area (Å²) in [6.07, 6.45) is 4.39. The Morgan fingerprint density at radius 3 is 2.92 bits per heavy atom. The van der Waals surface area contributed by atoms with Gasteiger partial charge in [0.1, 0.15) is 0 Å². The number of aryl methyl sites for hydroxylation is 1. The second-order valence-corrected chi connectivity index (χ2v) is 9.10. The highest BCUT2D eigenvalue weighted by Crippen LogP contribution is 2.39. The maximum absolute atomic E-state index is 12.4. The van der Waals surface area contributed by atoms with Gasteiger partial charge in [-0.15, -0.1) is 11.3 Å². The highest BCUT2D eigenvalue weighted by Gasteiger charge is 2.29. The molecule has 1 aromatic heterocycles. The minimum Gasteiger partial charge on any atom is -0.348 e. The van der Waals surface area contributed by atoms with E-state index in [9.17, 15) is 4.79 Å². The van der Waals surface area contributed by atoms with E-state index in [-0.39, 0.29) is 11.9 Å². The van der Waals surface area contributed by atoms with Gasteiger partial charge in [-0.3, -0.25) is 9.79 Å². The van der Waals surface area contributed by atoms with Gasteiger partial charge in [-0.05, 0) is 45.1 Å². The molecule has 25 heavy (non-hydrogen) atoms. The number of carbonyl (C=O) groups is 1. The van der Waals surface area contributed by atoms with Crippen LogP contribution in [0.3, 0.4) is 0 Å². The molecule has 0 unspecified atom stereocenters. The second-order valence-electron chi connectivity index (χ2n) is 7.04. The average molecular weight is 377 g/mol. The van der Waals surface area contributed by atoms with E-state index in [1.54, 1.807) is 16.9 Å². The predicted molar refractivity (Wildman–Crippen MR) is 106 cm³/mol. The standard InChI is InChI=1S/C18H24N4OS2/c1-11(2)20-16(23)17-21-14-5-3-4-12-6-8-22(18-19-7-9-24-18)10-13(12)15(14)25-17/h11H,3-10H2,1-2H3,(H,20,23). The van der Waals surface area contributed by atoms with Crippen LogP contribution in [0, 0.1) is 0 Å². The van der Waals surface area contributed by atoms with Crippen molar-refractivity contribution in [3.63, 3.8) is 0 Å². The number of nitrogens with one attached hydrogen (secondary N) is 1. The quantitative estimate of drug-likeness (QED) is 0.861. The van der Waals surface area contributed by atoms with E-state index in [2.05, 4.69) is 15.2 Å². The highest BCUT2D eigenvalue weighted by molar-refractivity contribution is 8.14. The molecule has 4 rings (SSSR count). The van der Waals surface area contributed by atoms with E-state index < -0.39 is 0 Å². The van der Waals surface area contributed by atoms with E-state index in [0.29, 0.717) is 5.01 Å². The van der Waals surface area contributed by atoms with Gasteiger partial charge in [-0.1, -0.05) is 17.3 Å². The predicted octanol–water partition coefficient (Wildman–Crippen LogP) is 3.18. The molecule has 1 amide bonds. The van der Waals surface area contributed by atoms with Crippen LogP contribution in [0.5, 0.6) is 0 Å². The normalized spacial score (nSPS) is 20.3. The molecule has 0 aromatic carbocycles. The van der Waals surface area contributed by atoms with Crippen LogP contribution in [-0.4, -0.2) is 52.4 Å². The van der Waals surface area contributed by atoms with Crippen molar-refractivity contribution in [3.05, 3.63) is 21.2 Å². The number of thioether (sulfide) groups is 1. The molecular formula is C18H24N4OS2. The third-order valence-corrected chi connectivity index (χ3v) is 6.97. The van der Waals surface area contributed by atoms with E-state index >= 15 is 0 Å². The number of rotatable bonds is 2. The maximum Gasteiger partial charge on any atom is 0.280 e. The van der Waals surface area contributed by atoms with Crippen LogP contribution in [0.4, 0.5) is 0 Å². The fraction of sp³-hybridized carbons (Fsp3) is 0.611. The summed E-state index contributed by atoms with van der Waals surface area (Å²) < 4.78 is 0. The van der Waals surface area contributed by atoms with Crippen molar-refractivity contribution in [3.8, 4) is 0 Å². The van der Waals surface area contributed by atoms with Gasteiger partial charge in [0.25, 0.3) is 5.91 Å². The van der Waals surface area contributed by atoms with E-state index in [4.69, 9.17) is 4.98 Å². The van der Waals surface area contributed by atoms with E-state index in [1.165, 1.54) is 22.0 Å². The molecule has 0 fully saturated rings. The summed E-state index contributed by atoms with van der Waals surface area (Å²) in [4.78, 5) is 25.4. The van der Waals surface area contributed by atoms with Crippen molar-refractivity contribution in [2.24, 2.45) is 4.99 Å². The van der Waals surface area contributed by atoms with Crippen LogP contribution < -0.4 is 5.32 Å². The van der Waals surface area contributed by atoms with Gasteiger partial charge < -0.3 is 10.2 Å². The number of hydrogen-bond acceptors (Lipinski definition) is 6. The molecule has 3 aliphatic rings. The Bertz CT molecular complexity index is 750. The van der Waals surface area contributed by atoms with Crippen molar-refractivity contribution >= 4 is 39.7 Å². The Morgan fingerprint density at radius 2 is 2.16 bits per heavy atom. The van der Waals surface area contributed by atoms with Gasteiger partial charge in [-0.2, -0.15) is 0 Å². The van der Waals surface area contributed by atoms with E-state index in [1.807, 2.05) is 25.6 Å². The first-order valence-electron chi connectivity index (χ1n) is 9.06. The van der Waals surface area contributed by atoms with Crippen LogP contribution in [0.2, 0.25) is 0 Å². The first-order valence-corrected chi connectivity index (χ1v) is 10.9. The number of amides is 1. The molecule has 7 heteroatoms. The monoisotopic (exact) mass is 376 g/mol. The molecule has 0 radical (unpaired) electrons. The largest absolute Gasteiger partial charge is 0.348 e. The fourth-order valence-corrected chi connectivity index (χ4v) is 5.62. The summed E-state index contributed by atoms with van der Waals surface area (Å²) in [7, 11) is 0. The first kappa shape index (κ1) is 17.1. The Kier molecular flexibility index (Phi) is 4.86. The average Bonchev–Trinajstić information content (AvgIpc) is 3.22. The topological polar surface area (TPSA) is 57.6 Å². The van der Waals surface area contributed by atoms with Crippen LogP contribution in [-0.2, 0) is 6.42 Å². The Hall–Kier alpha value is -1.34. The van der Waals surface area contributed by atoms with Gasteiger partial charge in [-0.25, -0.2) is 4.98 Å². The summed E-state index contributed by atoms with van der Waals surface area (Å²) in [5.74, 6) is 1.06. The molecule has 0 bridgehead atoms. The van der Waals surface area contributed by atoms with Crippen molar-refractivity contribution in [1.29, 1.82) is 0 Å². The van der Waals surface area contributed by atoms with Crippen molar-refractivity contribution in [1.82, 2.24) is 15.2 Å². The third-order valence-electron chi connectivity index (χ3n) is 4.78. The molecule has 1 aliphatic carbocycles. The molecule has 5 nitrogen and oxygen atoms in total. The summed E-state index contributed by atoms with van der Waals surface area (Å²) in [5.41, 5.74) is 4.10. The van der Waals surface area contributed by atoms with Crippen molar-refractivity contribution in [2.75, 3.05) is 25.4 Å². The third kappa shape index (κ3) is 3.49. The molecule has 3 heterocycles. The number of aromatic nitrogens is 1. The summed E-state index contributed by atoms with van der Waals surface area (Å²) in [6.45, 7) is 6.89. The highest BCUT2D eigenvalue weighted by atomic mass is 32.2. The zero-order valence-corrected chi connectivity index (χ0v) is 16.4. The molecule has 134 valence electrons. The smallest absolute Gasteiger partial charge is 0.280 e. The molecular weight excluding hydrogens is 352 g/mol. The van der Waals surface area contributed by atoms with Crippen molar-refractivity contribution in [2.45, 2.75) is 45.6 Å². The van der Waals surface area contributed by atoms with Crippen LogP contribution in [0.25, 0.3) is 5.57 Å². The zero-order valence-electron chi connectivity index (χ0n) is 14.8. The number of amidine groups is 1. The minimum atomic E-state index is -0.0430. The Labute approximate surface area is 157 Å². The molecule has 0 saturated carbocycles. The maximum atomic E-state index is 12.4. The van der Waals surface area contributed by atoms with Gasteiger partial charge in [0.2, 0.25) is 0 Å². The molecule has 0 saturated heterocycles. The van der Waals surface area contributed by atoms with Gasteiger partial charge in [0, 0.05) is 24.9 Å². The second kappa shape index (κ2) is 7.11. The fourth-order valence-electron chi connectivity index (χ4n) is 3.64. The number of nitrogens with zero attached hydrogens (tertiary/aromatic N) is 3. The summed E-state index contributed by atoms with van der Waals surface area (Å²) in [6, 6.07) is 0.133. The lowest BCUT2D eigenvalue weighted by molar-refractivity contribution is 0.0942. The van der Waals surface area contributed by atoms with Crippen LogP contribution in [0.1, 0.15) is 53.5 Å². The lowest BCUT2D eigenvalue weighted by atomic mass is 9.97. The van der Waals surface area contributed by atoms with E-state index in [0.717, 1.165) is 50.3 Å². The summed E-state index contributed by atoms with van der Waals surface area (Å²) >= 11 is 3.44.